The molecule has 1 amide bonds. The Morgan fingerprint density at radius 3 is 2.88 bits per heavy atom. The van der Waals surface area contributed by atoms with Gasteiger partial charge in [0.25, 0.3) is 0 Å². The van der Waals surface area contributed by atoms with Gasteiger partial charge in [-0.25, -0.2) is 0 Å². The molecule has 0 N–H and O–H groups in total. The van der Waals surface area contributed by atoms with E-state index < -0.39 is 0 Å². The van der Waals surface area contributed by atoms with Crippen LogP contribution in [0, 0.1) is 17.8 Å². The van der Waals surface area contributed by atoms with Crippen LogP contribution in [0.15, 0.2) is 12.2 Å². The molecule has 1 aliphatic heterocycles. The Balaban J connectivity index is 1.70. The fraction of sp³-hybridized carbons (Fsp3) is 0.786. The molecule has 1 heterocycles. The lowest BCUT2D eigenvalue weighted by Crippen LogP contribution is -2.43. The van der Waals surface area contributed by atoms with Gasteiger partial charge in [0.2, 0.25) is 5.91 Å². The third kappa shape index (κ3) is 2.14. The highest BCUT2D eigenvalue weighted by molar-refractivity contribution is 7.99. The van der Waals surface area contributed by atoms with E-state index in [0.29, 0.717) is 29.7 Å². The van der Waals surface area contributed by atoms with Crippen molar-refractivity contribution in [1.29, 1.82) is 0 Å². The van der Waals surface area contributed by atoms with Crippen molar-refractivity contribution < 1.29 is 4.79 Å². The zero-order chi connectivity index (χ0) is 11.8. The minimum atomic E-state index is 0.301. The van der Waals surface area contributed by atoms with Crippen LogP contribution in [-0.4, -0.2) is 34.9 Å². The summed E-state index contributed by atoms with van der Waals surface area (Å²) in [5.41, 5.74) is 0. The van der Waals surface area contributed by atoms with E-state index in [-0.39, 0.29) is 0 Å². The topological polar surface area (TPSA) is 20.3 Å². The number of hydrogen-bond acceptors (Lipinski definition) is 2. The number of hydrogen-bond donors (Lipinski definition) is 0. The number of allylic oxidation sites excluding steroid dienone is 2. The Kier molecular flexibility index (Phi) is 3.20. The fourth-order valence-electron chi connectivity index (χ4n) is 3.50. The molecule has 1 saturated heterocycles. The standard InChI is InChI=1S/C14H21NOS/c1-10-4-6-17-7-5-15(10)14(16)13-9-11-2-3-12(13)8-11/h2-3,10-13H,4-9H2,1H3/t10-,11+,12+,13-/m1/s1. The van der Waals surface area contributed by atoms with Gasteiger partial charge in [-0.1, -0.05) is 12.2 Å². The van der Waals surface area contributed by atoms with E-state index in [1.54, 1.807) is 0 Å². The van der Waals surface area contributed by atoms with E-state index >= 15 is 0 Å². The predicted molar refractivity (Wildman–Crippen MR) is 72.0 cm³/mol. The number of amides is 1. The molecule has 2 aliphatic carbocycles. The summed E-state index contributed by atoms with van der Waals surface area (Å²) in [6.45, 7) is 3.18. The van der Waals surface area contributed by atoms with Crippen LogP contribution in [0.25, 0.3) is 0 Å². The molecule has 0 aromatic carbocycles. The molecule has 17 heavy (non-hydrogen) atoms. The second kappa shape index (κ2) is 4.68. The molecule has 0 aromatic rings. The van der Waals surface area contributed by atoms with Gasteiger partial charge in [-0.2, -0.15) is 11.8 Å². The first-order valence-electron chi connectivity index (χ1n) is 6.82. The highest BCUT2D eigenvalue weighted by Crippen LogP contribution is 2.44. The number of carbonyl (C=O) groups excluding carboxylic acids is 1. The van der Waals surface area contributed by atoms with Gasteiger partial charge in [0, 0.05) is 24.3 Å². The van der Waals surface area contributed by atoms with E-state index in [2.05, 4.69) is 24.0 Å². The highest BCUT2D eigenvalue weighted by atomic mass is 32.2. The quantitative estimate of drug-likeness (QED) is 0.668. The average Bonchev–Trinajstić information content (AvgIpc) is 2.89. The van der Waals surface area contributed by atoms with Gasteiger partial charge in [-0.15, -0.1) is 0 Å². The molecular weight excluding hydrogens is 230 g/mol. The highest BCUT2D eigenvalue weighted by Gasteiger charge is 2.42. The minimum absolute atomic E-state index is 0.301. The molecule has 0 spiro atoms. The molecule has 2 fully saturated rings. The van der Waals surface area contributed by atoms with Crippen LogP contribution in [0.2, 0.25) is 0 Å². The Bertz CT molecular complexity index is 341. The second-order valence-corrected chi connectivity index (χ2v) is 6.89. The molecule has 3 aliphatic rings. The number of nitrogens with zero attached hydrogens (tertiary/aromatic N) is 1. The van der Waals surface area contributed by atoms with Crippen LogP contribution in [0.5, 0.6) is 0 Å². The van der Waals surface area contributed by atoms with Crippen LogP contribution in [0.1, 0.15) is 26.2 Å². The van der Waals surface area contributed by atoms with Crippen molar-refractivity contribution in [3.8, 4) is 0 Å². The summed E-state index contributed by atoms with van der Waals surface area (Å²) in [6, 6.07) is 0.445. The van der Waals surface area contributed by atoms with Crippen LogP contribution >= 0.6 is 11.8 Å². The average molecular weight is 251 g/mol. The molecule has 2 bridgehead atoms. The van der Waals surface area contributed by atoms with Crippen molar-refractivity contribution >= 4 is 17.7 Å². The predicted octanol–water partition coefficient (Wildman–Crippen LogP) is 2.55. The molecule has 0 radical (unpaired) electrons. The molecule has 0 unspecified atom stereocenters. The summed E-state index contributed by atoms with van der Waals surface area (Å²) in [5.74, 6) is 4.32. The van der Waals surface area contributed by atoms with Crippen molar-refractivity contribution in [1.82, 2.24) is 4.90 Å². The van der Waals surface area contributed by atoms with Gasteiger partial charge in [0.15, 0.2) is 0 Å². The van der Waals surface area contributed by atoms with Gasteiger partial charge in [0.1, 0.15) is 0 Å². The van der Waals surface area contributed by atoms with E-state index in [0.717, 1.165) is 25.1 Å². The number of rotatable bonds is 1. The first-order chi connectivity index (χ1) is 8.25. The van der Waals surface area contributed by atoms with E-state index in [1.807, 2.05) is 11.8 Å². The molecule has 1 saturated carbocycles. The Hall–Kier alpha value is -0.440. The lowest BCUT2D eigenvalue weighted by molar-refractivity contribution is -0.138. The number of carbonyl (C=O) groups is 1. The third-order valence-corrected chi connectivity index (χ3v) is 5.56. The molecule has 4 atom stereocenters. The second-order valence-electron chi connectivity index (χ2n) is 5.67. The summed E-state index contributed by atoms with van der Waals surface area (Å²) >= 11 is 1.99. The number of thioether (sulfide) groups is 1. The zero-order valence-corrected chi connectivity index (χ0v) is 11.3. The first-order valence-corrected chi connectivity index (χ1v) is 7.97. The zero-order valence-electron chi connectivity index (χ0n) is 10.5. The Morgan fingerprint density at radius 2 is 2.18 bits per heavy atom. The van der Waals surface area contributed by atoms with Crippen LogP contribution in [-0.2, 0) is 4.79 Å². The van der Waals surface area contributed by atoms with Crippen molar-refractivity contribution in [3.05, 3.63) is 12.2 Å². The summed E-state index contributed by atoms with van der Waals surface area (Å²) in [5, 5.41) is 0. The van der Waals surface area contributed by atoms with Crippen molar-refractivity contribution in [2.24, 2.45) is 17.8 Å². The molecule has 2 nitrogen and oxygen atoms in total. The Morgan fingerprint density at radius 1 is 1.29 bits per heavy atom. The van der Waals surface area contributed by atoms with Crippen molar-refractivity contribution in [2.45, 2.75) is 32.2 Å². The fourth-order valence-corrected chi connectivity index (χ4v) is 4.54. The number of fused-ring (bicyclic) bond motifs is 2. The monoisotopic (exact) mass is 251 g/mol. The van der Waals surface area contributed by atoms with Crippen LogP contribution in [0.4, 0.5) is 0 Å². The van der Waals surface area contributed by atoms with Crippen LogP contribution < -0.4 is 0 Å². The normalized spacial score (nSPS) is 40.6. The van der Waals surface area contributed by atoms with Gasteiger partial charge in [-0.3, -0.25) is 4.79 Å². The maximum atomic E-state index is 12.6. The summed E-state index contributed by atoms with van der Waals surface area (Å²) in [4.78, 5) is 14.8. The summed E-state index contributed by atoms with van der Waals surface area (Å²) in [7, 11) is 0. The molecule has 3 rings (SSSR count). The largest absolute Gasteiger partial charge is 0.339 e. The molecule has 0 aromatic heterocycles. The van der Waals surface area contributed by atoms with Gasteiger partial charge >= 0.3 is 0 Å². The smallest absolute Gasteiger partial charge is 0.226 e. The van der Waals surface area contributed by atoms with Gasteiger partial charge < -0.3 is 4.90 Å². The maximum Gasteiger partial charge on any atom is 0.226 e. The minimum Gasteiger partial charge on any atom is -0.339 e. The summed E-state index contributed by atoms with van der Waals surface area (Å²) < 4.78 is 0. The van der Waals surface area contributed by atoms with Crippen molar-refractivity contribution in [2.75, 3.05) is 18.1 Å². The third-order valence-electron chi connectivity index (χ3n) is 4.57. The SMILES string of the molecule is C[C@@H]1CCSCCN1C(=O)[C@@H]1C[C@H]2C=C[C@H]1C2. The summed E-state index contributed by atoms with van der Waals surface area (Å²) in [6.07, 6.45) is 8.10. The molecule has 3 heteroatoms. The molecular formula is C14H21NOS. The van der Waals surface area contributed by atoms with E-state index in [4.69, 9.17) is 0 Å². The Labute approximate surface area is 108 Å². The first kappa shape index (κ1) is 11.6. The van der Waals surface area contributed by atoms with Gasteiger partial charge in [0.05, 0.1) is 0 Å². The van der Waals surface area contributed by atoms with Gasteiger partial charge in [-0.05, 0) is 43.8 Å². The van der Waals surface area contributed by atoms with E-state index in [1.165, 1.54) is 12.2 Å². The van der Waals surface area contributed by atoms with Crippen LogP contribution in [0.3, 0.4) is 0 Å². The lowest BCUT2D eigenvalue weighted by atomic mass is 9.91. The molecule has 94 valence electrons. The maximum absolute atomic E-state index is 12.6. The van der Waals surface area contributed by atoms with E-state index in [9.17, 15) is 4.79 Å². The van der Waals surface area contributed by atoms with Crippen molar-refractivity contribution in [3.63, 3.8) is 0 Å². The lowest BCUT2D eigenvalue weighted by Gasteiger charge is -2.31.